The van der Waals surface area contributed by atoms with Crippen molar-refractivity contribution in [3.8, 4) is 11.4 Å². The van der Waals surface area contributed by atoms with E-state index < -0.39 is 0 Å². The van der Waals surface area contributed by atoms with Crippen molar-refractivity contribution in [2.45, 2.75) is 6.92 Å². The number of fused-ring (bicyclic) bond motifs is 1. The average molecular weight is 471 g/mol. The first-order valence-corrected chi connectivity index (χ1v) is 11.4. The number of piperazine rings is 1. The molecule has 0 unspecified atom stereocenters. The van der Waals surface area contributed by atoms with Crippen LogP contribution < -0.4 is 10.6 Å². The van der Waals surface area contributed by atoms with Crippen molar-refractivity contribution in [2.24, 2.45) is 0 Å². The molecule has 0 bridgehead atoms. The van der Waals surface area contributed by atoms with E-state index in [1.165, 1.54) is 6.92 Å². The van der Waals surface area contributed by atoms with E-state index in [0.29, 0.717) is 34.1 Å². The summed E-state index contributed by atoms with van der Waals surface area (Å²) in [6.45, 7) is 4.70. The molecule has 0 atom stereocenters. The minimum Gasteiger partial charge on any atom is -0.340 e. The maximum Gasteiger partial charge on any atom is 0.253 e. The number of carbonyl (C=O) groups excluding carboxylic acids is 2. The van der Waals surface area contributed by atoms with Crippen molar-refractivity contribution < 1.29 is 9.59 Å². The molecule has 35 heavy (non-hydrogen) atoms. The zero-order valence-corrected chi connectivity index (χ0v) is 19.6. The Morgan fingerprint density at radius 2 is 1.60 bits per heavy atom. The molecule has 1 fully saturated rings. The Balaban J connectivity index is 1.38. The van der Waals surface area contributed by atoms with E-state index in [1.54, 1.807) is 6.33 Å². The van der Waals surface area contributed by atoms with Crippen LogP contribution in [0.3, 0.4) is 0 Å². The van der Waals surface area contributed by atoms with Crippen molar-refractivity contribution in [3.63, 3.8) is 0 Å². The second-order valence-electron chi connectivity index (χ2n) is 8.55. The van der Waals surface area contributed by atoms with E-state index in [9.17, 15) is 9.59 Å². The summed E-state index contributed by atoms with van der Waals surface area (Å²) >= 11 is 0. The lowest BCUT2D eigenvalue weighted by atomic mass is 10.1. The van der Waals surface area contributed by atoms with Gasteiger partial charge in [0.2, 0.25) is 5.91 Å². The number of hydrogen-bond acceptors (Lipinski definition) is 7. The number of H-pyrrole nitrogens is 1. The number of likely N-dealkylation sites (N-methyl/N-ethyl adjacent to an activating group) is 1. The van der Waals surface area contributed by atoms with Crippen molar-refractivity contribution in [2.75, 3.05) is 43.9 Å². The molecule has 0 aliphatic carbocycles. The first kappa shape index (κ1) is 22.5. The molecule has 0 saturated carbocycles. The average Bonchev–Trinajstić information content (AvgIpc) is 3.34. The fourth-order valence-corrected chi connectivity index (χ4v) is 3.98. The van der Waals surface area contributed by atoms with Gasteiger partial charge in [0, 0.05) is 55.6 Å². The van der Waals surface area contributed by atoms with Gasteiger partial charge in [0.1, 0.15) is 5.52 Å². The molecule has 1 aliphatic rings. The van der Waals surface area contributed by atoms with Crippen LogP contribution in [0.25, 0.3) is 22.6 Å². The van der Waals surface area contributed by atoms with Crippen molar-refractivity contribution in [1.82, 2.24) is 29.7 Å². The minimum atomic E-state index is -0.124. The monoisotopic (exact) mass is 470 g/mol. The number of nitrogens with one attached hydrogen (secondary N) is 3. The molecule has 0 spiro atoms. The van der Waals surface area contributed by atoms with E-state index in [-0.39, 0.29) is 11.8 Å². The number of anilines is 3. The molecular weight excluding hydrogens is 444 g/mol. The van der Waals surface area contributed by atoms with Gasteiger partial charge in [-0.3, -0.25) is 9.59 Å². The van der Waals surface area contributed by atoms with E-state index >= 15 is 0 Å². The number of benzene rings is 2. The Kier molecular flexibility index (Phi) is 6.11. The summed E-state index contributed by atoms with van der Waals surface area (Å²) in [6.07, 6.45) is 1.58. The van der Waals surface area contributed by atoms with Gasteiger partial charge in [0.25, 0.3) is 5.91 Å². The lowest BCUT2D eigenvalue weighted by Crippen LogP contribution is -2.47. The van der Waals surface area contributed by atoms with Crippen molar-refractivity contribution >= 4 is 40.2 Å². The minimum absolute atomic E-state index is 0.0402. The molecular formula is C25H26N8O2. The highest BCUT2D eigenvalue weighted by Crippen LogP contribution is 2.26. The van der Waals surface area contributed by atoms with Crippen LogP contribution >= 0.6 is 0 Å². The molecule has 10 nitrogen and oxygen atoms in total. The third-order valence-corrected chi connectivity index (χ3v) is 5.93. The summed E-state index contributed by atoms with van der Waals surface area (Å²) in [4.78, 5) is 44.9. The number of aromatic amines is 1. The first-order chi connectivity index (χ1) is 17.0. The van der Waals surface area contributed by atoms with Crippen LogP contribution in [-0.2, 0) is 4.79 Å². The van der Waals surface area contributed by atoms with Gasteiger partial charge in [-0.05, 0) is 43.4 Å². The molecule has 1 aliphatic heterocycles. The molecule has 3 N–H and O–H groups in total. The van der Waals surface area contributed by atoms with Crippen LogP contribution in [0.15, 0.2) is 54.9 Å². The van der Waals surface area contributed by atoms with Gasteiger partial charge in [0.05, 0.1) is 6.33 Å². The van der Waals surface area contributed by atoms with Gasteiger partial charge in [-0.1, -0.05) is 12.1 Å². The number of imidazole rings is 1. The van der Waals surface area contributed by atoms with E-state index in [2.05, 4.69) is 37.5 Å². The zero-order valence-electron chi connectivity index (χ0n) is 19.6. The summed E-state index contributed by atoms with van der Waals surface area (Å²) in [5.41, 5.74) is 4.16. The van der Waals surface area contributed by atoms with Gasteiger partial charge in [-0.2, -0.15) is 0 Å². The molecule has 10 heteroatoms. The molecule has 5 rings (SSSR count). The molecule has 4 aromatic rings. The molecule has 2 aromatic carbocycles. The quantitative estimate of drug-likeness (QED) is 0.410. The molecule has 178 valence electrons. The van der Waals surface area contributed by atoms with E-state index in [4.69, 9.17) is 4.98 Å². The Morgan fingerprint density at radius 1 is 0.914 bits per heavy atom. The van der Waals surface area contributed by atoms with Crippen LogP contribution in [0, 0.1) is 0 Å². The Bertz CT molecular complexity index is 1360. The van der Waals surface area contributed by atoms with Gasteiger partial charge >= 0.3 is 0 Å². The van der Waals surface area contributed by atoms with Gasteiger partial charge in [-0.15, -0.1) is 0 Å². The Hall–Kier alpha value is -4.31. The van der Waals surface area contributed by atoms with Crippen LogP contribution in [-0.4, -0.2) is 74.8 Å². The summed E-state index contributed by atoms with van der Waals surface area (Å²) in [5, 5.41) is 6.05. The van der Waals surface area contributed by atoms with E-state index in [1.807, 2.05) is 53.4 Å². The summed E-state index contributed by atoms with van der Waals surface area (Å²) < 4.78 is 0. The largest absolute Gasteiger partial charge is 0.340 e. The Morgan fingerprint density at radius 3 is 2.29 bits per heavy atom. The number of carbonyl (C=O) groups is 2. The predicted molar refractivity (Wildman–Crippen MR) is 135 cm³/mol. The standard InChI is InChI=1S/C25H26N8O2/c1-16(34)28-19-7-9-20(10-8-19)29-24-21-23(27-15-26-21)30-22(31-24)17-3-5-18(6-4-17)25(35)33-13-11-32(2)12-14-33/h3-10,15H,11-14H2,1-2H3,(H,28,34)(H2,26,27,29,30,31). The number of amides is 2. The van der Waals surface area contributed by atoms with Crippen molar-refractivity contribution in [3.05, 3.63) is 60.4 Å². The maximum atomic E-state index is 12.9. The topological polar surface area (TPSA) is 119 Å². The highest BCUT2D eigenvalue weighted by Gasteiger charge is 2.20. The molecule has 2 amide bonds. The fraction of sp³-hybridized carbons (Fsp3) is 0.240. The number of hydrogen-bond donors (Lipinski definition) is 3. The van der Waals surface area contributed by atoms with Crippen molar-refractivity contribution in [1.29, 1.82) is 0 Å². The molecule has 0 radical (unpaired) electrons. The highest BCUT2D eigenvalue weighted by atomic mass is 16.2. The smallest absolute Gasteiger partial charge is 0.253 e. The normalized spacial score (nSPS) is 14.2. The van der Waals surface area contributed by atoms with Gasteiger partial charge in [0.15, 0.2) is 17.3 Å². The first-order valence-electron chi connectivity index (χ1n) is 11.4. The SMILES string of the molecule is CC(=O)Nc1ccc(Nc2nc(-c3ccc(C(=O)N4CCN(C)CC4)cc3)nc3nc[nH]c23)cc1. The maximum absolute atomic E-state index is 12.9. The zero-order chi connectivity index (χ0) is 24.4. The molecule has 1 saturated heterocycles. The number of aromatic nitrogens is 4. The van der Waals surface area contributed by atoms with Crippen LogP contribution in [0.4, 0.5) is 17.2 Å². The third-order valence-electron chi connectivity index (χ3n) is 5.93. The highest BCUT2D eigenvalue weighted by molar-refractivity contribution is 5.95. The van der Waals surface area contributed by atoms with Crippen LogP contribution in [0.2, 0.25) is 0 Å². The second kappa shape index (κ2) is 9.51. The number of rotatable bonds is 5. The summed E-state index contributed by atoms with van der Waals surface area (Å²) in [5.74, 6) is 0.993. The number of nitrogens with zero attached hydrogens (tertiary/aromatic N) is 5. The Labute approximate surface area is 202 Å². The van der Waals surface area contributed by atoms with E-state index in [0.717, 1.165) is 37.4 Å². The van der Waals surface area contributed by atoms with Crippen LogP contribution in [0.5, 0.6) is 0 Å². The van der Waals surface area contributed by atoms with Crippen LogP contribution in [0.1, 0.15) is 17.3 Å². The fourth-order valence-electron chi connectivity index (χ4n) is 3.98. The summed E-state index contributed by atoms with van der Waals surface area (Å²) in [6, 6.07) is 14.7. The van der Waals surface area contributed by atoms with Gasteiger partial charge < -0.3 is 25.4 Å². The second-order valence-corrected chi connectivity index (χ2v) is 8.55. The molecule has 2 aromatic heterocycles. The predicted octanol–water partition coefficient (Wildman–Crippen LogP) is 3.11. The lowest BCUT2D eigenvalue weighted by molar-refractivity contribution is -0.114. The summed E-state index contributed by atoms with van der Waals surface area (Å²) in [7, 11) is 2.07. The third kappa shape index (κ3) is 4.97. The lowest BCUT2D eigenvalue weighted by Gasteiger charge is -2.32. The molecule has 3 heterocycles. The van der Waals surface area contributed by atoms with Gasteiger partial charge in [-0.25, -0.2) is 15.0 Å².